The van der Waals surface area contributed by atoms with Crippen molar-refractivity contribution in [1.82, 2.24) is 19.5 Å². The van der Waals surface area contributed by atoms with Crippen LogP contribution < -0.4 is 11.2 Å². The third kappa shape index (κ3) is 2.92. The van der Waals surface area contributed by atoms with E-state index >= 15 is 0 Å². The third-order valence-corrected chi connectivity index (χ3v) is 4.43. The summed E-state index contributed by atoms with van der Waals surface area (Å²) in [6.45, 7) is 7.88. The van der Waals surface area contributed by atoms with Crippen LogP contribution in [0.15, 0.2) is 27.9 Å². The molecule has 0 bridgehead atoms. The average Bonchev–Trinajstić information content (AvgIpc) is 2.56. The van der Waals surface area contributed by atoms with E-state index in [4.69, 9.17) is 11.6 Å². The van der Waals surface area contributed by atoms with Crippen molar-refractivity contribution in [1.29, 1.82) is 0 Å². The highest BCUT2D eigenvalue weighted by molar-refractivity contribution is 6.29. The Kier molecular flexibility index (Phi) is 4.66. The molecule has 3 aromatic heterocycles. The van der Waals surface area contributed by atoms with Crippen LogP contribution >= 0.6 is 11.6 Å². The maximum Gasteiger partial charge on any atom is 0.334 e. The maximum atomic E-state index is 13.8. The SMILES string of the molecule is CC(C)c1ccnc(C(C)C)c1-n1c(=O)[nH]c(=O)c2cc(F)c(Cl)nc21. The van der Waals surface area contributed by atoms with Crippen molar-refractivity contribution in [2.75, 3.05) is 0 Å². The van der Waals surface area contributed by atoms with Crippen LogP contribution in [0.4, 0.5) is 4.39 Å². The fourth-order valence-corrected chi connectivity index (χ4v) is 3.07. The molecule has 0 aliphatic heterocycles. The molecule has 0 saturated heterocycles. The first-order chi connectivity index (χ1) is 12.2. The zero-order valence-corrected chi connectivity index (χ0v) is 15.6. The van der Waals surface area contributed by atoms with Crippen molar-refractivity contribution in [3.8, 4) is 5.69 Å². The molecule has 8 heteroatoms. The lowest BCUT2D eigenvalue weighted by Gasteiger charge is -2.20. The van der Waals surface area contributed by atoms with E-state index in [9.17, 15) is 14.0 Å². The molecule has 0 radical (unpaired) electrons. The fourth-order valence-electron chi connectivity index (χ4n) is 2.94. The van der Waals surface area contributed by atoms with E-state index in [-0.39, 0.29) is 22.9 Å². The minimum atomic E-state index is -0.825. The zero-order chi connectivity index (χ0) is 19.2. The summed E-state index contributed by atoms with van der Waals surface area (Å²) in [6, 6.07) is 2.81. The summed E-state index contributed by atoms with van der Waals surface area (Å²) in [5, 5.41) is -0.461. The van der Waals surface area contributed by atoms with Gasteiger partial charge in [-0.2, -0.15) is 0 Å². The number of hydrogen-bond acceptors (Lipinski definition) is 4. The van der Waals surface area contributed by atoms with Gasteiger partial charge in [-0.3, -0.25) is 14.8 Å². The summed E-state index contributed by atoms with van der Waals surface area (Å²) < 4.78 is 15.1. The van der Waals surface area contributed by atoms with Crippen molar-refractivity contribution in [3.63, 3.8) is 0 Å². The third-order valence-electron chi connectivity index (χ3n) is 4.17. The first-order valence-electron chi connectivity index (χ1n) is 8.22. The number of aromatic nitrogens is 4. The molecule has 0 saturated carbocycles. The molecule has 0 fully saturated rings. The molecule has 3 aromatic rings. The van der Waals surface area contributed by atoms with Crippen LogP contribution in [0, 0.1) is 5.82 Å². The van der Waals surface area contributed by atoms with Crippen LogP contribution in [-0.2, 0) is 0 Å². The molecule has 0 spiro atoms. The smallest absolute Gasteiger partial charge is 0.273 e. The number of hydrogen-bond donors (Lipinski definition) is 1. The quantitative estimate of drug-likeness (QED) is 0.709. The molecule has 136 valence electrons. The number of pyridine rings is 2. The molecule has 0 atom stereocenters. The van der Waals surface area contributed by atoms with Gasteiger partial charge in [0.1, 0.15) is 0 Å². The molecule has 0 unspecified atom stereocenters. The monoisotopic (exact) mass is 376 g/mol. The van der Waals surface area contributed by atoms with E-state index in [1.807, 2.05) is 33.8 Å². The average molecular weight is 377 g/mol. The van der Waals surface area contributed by atoms with Gasteiger partial charge in [0.2, 0.25) is 0 Å². The number of rotatable bonds is 3. The molecule has 3 heterocycles. The van der Waals surface area contributed by atoms with Gasteiger partial charge in [-0.1, -0.05) is 39.3 Å². The van der Waals surface area contributed by atoms with Gasteiger partial charge in [-0.15, -0.1) is 0 Å². The second kappa shape index (κ2) is 6.64. The second-order valence-electron chi connectivity index (χ2n) is 6.67. The maximum absolute atomic E-state index is 13.8. The molecule has 1 N–H and O–H groups in total. The Morgan fingerprint density at radius 1 is 1.19 bits per heavy atom. The summed E-state index contributed by atoms with van der Waals surface area (Å²) in [7, 11) is 0. The number of nitrogens with zero attached hydrogens (tertiary/aromatic N) is 3. The first kappa shape index (κ1) is 18.3. The van der Waals surface area contributed by atoms with E-state index in [0.717, 1.165) is 11.6 Å². The highest BCUT2D eigenvalue weighted by Crippen LogP contribution is 2.30. The summed E-state index contributed by atoms with van der Waals surface area (Å²) >= 11 is 5.83. The number of nitrogens with one attached hydrogen (secondary N) is 1. The lowest BCUT2D eigenvalue weighted by atomic mass is 9.97. The lowest BCUT2D eigenvalue weighted by molar-refractivity contribution is 0.623. The Labute approximate surface area is 153 Å². The summed E-state index contributed by atoms with van der Waals surface area (Å²) in [5.74, 6) is -0.738. The molecule has 0 amide bonds. The number of fused-ring (bicyclic) bond motifs is 1. The van der Waals surface area contributed by atoms with E-state index in [2.05, 4.69) is 15.0 Å². The van der Waals surface area contributed by atoms with Crippen molar-refractivity contribution < 1.29 is 4.39 Å². The molecule has 0 aliphatic rings. The van der Waals surface area contributed by atoms with Gasteiger partial charge < -0.3 is 0 Å². The largest absolute Gasteiger partial charge is 0.334 e. The van der Waals surface area contributed by atoms with Crippen LogP contribution in [-0.4, -0.2) is 19.5 Å². The van der Waals surface area contributed by atoms with Gasteiger partial charge in [-0.05, 0) is 29.5 Å². The highest BCUT2D eigenvalue weighted by atomic mass is 35.5. The van der Waals surface area contributed by atoms with Gasteiger partial charge in [0.15, 0.2) is 16.6 Å². The van der Waals surface area contributed by atoms with E-state index in [1.165, 1.54) is 4.57 Å². The molecule has 0 aromatic carbocycles. The Morgan fingerprint density at radius 2 is 1.88 bits per heavy atom. The Hall–Kier alpha value is -2.54. The van der Waals surface area contributed by atoms with Crippen molar-refractivity contribution in [3.05, 3.63) is 61.4 Å². The highest BCUT2D eigenvalue weighted by Gasteiger charge is 2.22. The van der Waals surface area contributed by atoms with E-state index in [0.29, 0.717) is 11.4 Å². The van der Waals surface area contributed by atoms with Crippen LogP contribution in [0.3, 0.4) is 0 Å². The summed E-state index contributed by atoms with van der Waals surface area (Å²) in [6.07, 6.45) is 1.69. The van der Waals surface area contributed by atoms with Crippen molar-refractivity contribution >= 4 is 22.6 Å². The number of aromatic amines is 1. The zero-order valence-electron chi connectivity index (χ0n) is 14.8. The Bertz CT molecular complexity index is 1090. The molecular formula is C18H18ClFN4O2. The molecular weight excluding hydrogens is 359 g/mol. The summed E-state index contributed by atoms with van der Waals surface area (Å²) in [4.78, 5) is 35.5. The summed E-state index contributed by atoms with van der Waals surface area (Å²) in [5.41, 5.74) is 0.691. The molecule has 0 aliphatic carbocycles. The molecule has 3 rings (SSSR count). The van der Waals surface area contributed by atoms with E-state index < -0.39 is 22.2 Å². The van der Waals surface area contributed by atoms with Crippen LogP contribution in [0.2, 0.25) is 5.15 Å². The predicted molar refractivity (Wildman–Crippen MR) is 98.9 cm³/mol. The van der Waals surface area contributed by atoms with Crippen LogP contribution in [0.1, 0.15) is 50.8 Å². The molecule has 6 nitrogen and oxygen atoms in total. The van der Waals surface area contributed by atoms with Gasteiger partial charge in [0.05, 0.1) is 16.8 Å². The van der Waals surface area contributed by atoms with Gasteiger partial charge in [-0.25, -0.2) is 18.7 Å². The van der Waals surface area contributed by atoms with Crippen molar-refractivity contribution in [2.45, 2.75) is 39.5 Å². The minimum absolute atomic E-state index is 0.00181. The van der Waals surface area contributed by atoms with Crippen LogP contribution in [0.25, 0.3) is 16.7 Å². The molecule has 26 heavy (non-hydrogen) atoms. The van der Waals surface area contributed by atoms with Gasteiger partial charge in [0, 0.05) is 6.20 Å². The minimum Gasteiger partial charge on any atom is -0.273 e. The normalized spacial score (nSPS) is 11.7. The van der Waals surface area contributed by atoms with Crippen molar-refractivity contribution in [2.24, 2.45) is 0 Å². The first-order valence-corrected chi connectivity index (χ1v) is 8.60. The Balaban J connectivity index is 2.57. The standard InChI is InChI=1S/C18H18ClFN4O2/c1-8(2)10-5-6-21-13(9(3)4)14(10)24-16-11(17(25)23-18(24)26)7-12(20)15(19)22-16/h5-9H,1-4H3,(H,23,25,26). The van der Waals surface area contributed by atoms with Crippen LogP contribution in [0.5, 0.6) is 0 Å². The predicted octanol–water partition coefficient (Wildman–Crippen LogP) is 3.51. The topological polar surface area (TPSA) is 80.6 Å². The van der Waals surface area contributed by atoms with E-state index in [1.54, 1.807) is 6.20 Å². The number of H-pyrrole nitrogens is 1. The van der Waals surface area contributed by atoms with Gasteiger partial charge in [0.25, 0.3) is 5.56 Å². The fraction of sp³-hybridized carbons (Fsp3) is 0.333. The second-order valence-corrected chi connectivity index (χ2v) is 7.03. The lowest BCUT2D eigenvalue weighted by Crippen LogP contribution is -2.31. The number of halogens is 2. The Morgan fingerprint density at radius 3 is 2.50 bits per heavy atom. The van der Waals surface area contributed by atoms with Gasteiger partial charge >= 0.3 is 5.69 Å².